The van der Waals surface area contributed by atoms with Crippen molar-refractivity contribution in [2.45, 2.75) is 19.9 Å². The highest BCUT2D eigenvalue weighted by molar-refractivity contribution is 6.29. The smallest absolute Gasteiger partial charge is 0.253 e. The molecule has 0 saturated heterocycles. The molecule has 1 unspecified atom stereocenters. The molecule has 5 heteroatoms. The van der Waals surface area contributed by atoms with Gasteiger partial charge in [0.05, 0.1) is 11.6 Å². The number of amides is 1. The van der Waals surface area contributed by atoms with Crippen molar-refractivity contribution < 1.29 is 9.59 Å². The summed E-state index contributed by atoms with van der Waals surface area (Å²) in [7, 11) is 0. The summed E-state index contributed by atoms with van der Waals surface area (Å²) in [6, 6.07) is 2.58. The molecular weight excluding hydrogens is 216 g/mol. The van der Waals surface area contributed by atoms with Crippen molar-refractivity contribution in [3.63, 3.8) is 0 Å². The van der Waals surface area contributed by atoms with Gasteiger partial charge in [-0.3, -0.25) is 9.59 Å². The van der Waals surface area contributed by atoms with Crippen LogP contribution in [0.4, 0.5) is 0 Å². The standard InChI is InChI=1S/C10H11ClN2O2/c1-6(7(2)14)13-10(15)8-3-4-9(11)12-5-8/h3-6H,1-2H3,(H,13,15). The first-order valence-corrected chi connectivity index (χ1v) is 4.81. The Hall–Kier alpha value is -1.42. The monoisotopic (exact) mass is 226 g/mol. The molecule has 0 aliphatic heterocycles. The summed E-state index contributed by atoms with van der Waals surface area (Å²) in [6.45, 7) is 3.05. The van der Waals surface area contributed by atoms with E-state index in [9.17, 15) is 9.59 Å². The van der Waals surface area contributed by atoms with Crippen LogP contribution in [0, 0.1) is 0 Å². The summed E-state index contributed by atoms with van der Waals surface area (Å²) in [6.07, 6.45) is 1.37. The van der Waals surface area contributed by atoms with Gasteiger partial charge in [-0.2, -0.15) is 0 Å². The Morgan fingerprint density at radius 2 is 2.13 bits per heavy atom. The zero-order valence-electron chi connectivity index (χ0n) is 8.45. The maximum absolute atomic E-state index is 11.5. The van der Waals surface area contributed by atoms with Gasteiger partial charge in [0.2, 0.25) is 0 Å². The predicted molar refractivity (Wildman–Crippen MR) is 56.9 cm³/mol. The molecule has 0 aliphatic carbocycles. The summed E-state index contributed by atoms with van der Waals surface area (Å²) < 4.78 is 0. The molecular formula is C10H11ClN2O2. The van der Waals surface area contributed by atoms with Crippen LogP contribution in [-0.2, 0) is 4.79 Å². The lowest BCUT2D eigenvalue weighted by Gasteiger charge is -2.09. The van der Waals surface area contributed by atoms with Gasteiger partial charge >= 0.3 is 0 Å². The number of carbonyl (C=O) groups is 2. The number of pyridine rings is 1. The van der Waals surface area contributed by atoms with Crippen molar-refractivity contribution in [2.24, 2.45) is 0 Å². The highest BCUT2D eigenvalue weighted by Gasteiger charge is 2.12. The molecule has 0 aromatic carbocycles. The van der Waals surface area contributed by atoms with E-state index in [1.807, 2.05) is 0 Å². The van der Waals surface area contributed by atoms with Crippen LogP contribution in [0.25, 0.3) is 0 Å². The van der Waals surface area contributed by atoms with Gasteiger partial charge < -0.3 is 5.32 Å². The van der Waals surface area contributed by atoms with Gasteiger partial charge in [-0.15, -0.1) is 0 Å². The normalized spacial score (nSPS) is 11.9. The van der Waals surface area contributed by atoms with Gasteiger partial charge in [0.15, 0.2) is 5.78 Å². The molecule has 1 aromatic rings. The molecule has 0 spiro atoms. The van der Waals surface area contributed by atoms with Gasteiger partial charge in [-0.05, 0) is 26.0 Å². The van der Waals surface area contributed by atoms with Gasteiger partial charge in [0.1, 0.15) is 5.15 Å². The molecule has 0 radical (unpaired) electrons. The van der Waals surface area contributed by atoms with Crippen LogP contribution in [-0.4, -0.2) is 22.7 Å². The molecule has 0 aliphatic rings. The van der Waals surface area contributed by atoms with Crippen molar-refractivity contribution in [1.29, 1.82) is 0 Å². The third-order valence-corrected chi connectivity index (χ3v) is 2.17. The van der Waals surface area contributed by atoms with Crippen LogP contribution < -0.4 is 5.32 Å². The van der Waals surface area contributed by atoms with Crippen LogP contribution in [0.3, 0.4) is 0 Å². The number of Topliss-reactive ketones (excluding diaryl/α,β-unsaturated/α-hetero) is 1. The van der Waals surface area contributed by atoms with Crippen LogP contribution in [0.15, 0.2) is 18.3 Å². The molecule has 1 heterocycles. The fraction of sp³-hybridized carbons (Fsp3) is 0.300. The van der Waals surface area contributed by atoms with E-state index in [0.717, 1.165) is 0 Å². The second-order valence-corrected chi connectivity index (χ2v) is 3.56. The summed E-state index contributed by atoms with van der Waals surface area (Å²) in [5, 5.41) is 2.87. The lowest BCUT2D eigenvalue weighted by atomic mass is 10.2. The first-order valence-electron chi connectivity index (χ1n) is 4.43. The van der Waals surface area contributed by atoms with E-state index in [1.54, 1.807) is 13.0 Å². The zero-order valence-corrected chi connectivity index (χ0v) is 9.21. The highest BCUT2D eigenvalue weighted by Crippen LogP contribution is 2.05. The maximum Gasteiger partial charge on any atom is 0.253 e. The van der Waals surface area contributed by atoms with Gasteiger partial charge in [-0.1, -0.05) is 11.6 Å². The number of hydrogen-bond acceptors (Lipinski definition) is 3. The SMILES string of the molecule is CC(=O)C(C)NC(=O)c1ccc(Cl)nc1. The minimum atomic E-state index is -0.492. The Labute approximate surface area is 92.7 Å². The summed E-state index contributed by atoms with van der Waals surface area (Å²) >= 11 is 5.58. The molecule has 1 atom stereocenters. The van der Waals surface area contributed by atoms with Crippen molar-refractivity contribution >= 4 is 23.3 Å². The number of halogens is 1. The predicted octanol–water partition coefficient (Wildman–Crippen LogP) is 1.44. The van der Waals surface area contributed by atoms with Gasteiger partial charge in [0.25, 0.3) is 5.91 Å². The maximum atomic E-state index is 11.5. The Balaban J connectivity index is 2.69. The van der Waals surface area contributed by atoms with E-state index in [0.29, 0.717) is 10.7 Å². The summed E-state index contributed by atoms with van der Waals surface area (Å²) in [5.74, 6) is -0.424. The second-order valence-electron chi connectivity index (χ2n) is 3.18. The van der Waals surface area contributed by atoms with E-state index in [1.165, 1.54) is 19.2 Å². The largest absolute Gasteiger partial charge is 0.342 e. The average Bonchev–Trinajstić information content (AvgIpc) is 2.18. The number of carbonyl (C=O) groups excluding carboxylic acids is 2. The summed E-state index contributed by atoms with van der Waals surface area (Å²) in [5.41, 5.74) is 0.382. The molecule has 1 aromatic heterocycles. The molecule has 0 saturated carbocycles. The van der Waals surface area contributed by atoms with Gasteiger partial charge in [-0.25, -0.2) is 4.98 Å². The minimum absolute atomic E-state index is 0.0923. The Morgan fingerprint density at radius 1 is 1.47 bits per heavy atom. The van der Waals surface area contributed by atoms with Crippen molar-refractivity contribution in [2.75, 3.05) is 0 Å². The van der Waals surface area contributed by atoms with Crippen LogP contribution in [0.5, 0.6) is 0 Å². The third-order valence-electron chi connectivity index (χ3n) is 1.95. The molecule has 1 N–H and O–H groups in total. The lowest BCUT2D eigenvalue weighted by Crippen LogP contribution is -2.37. The Bertz CT molecular complexity index is 376. The van der Waals surface area contributed by atoms with Crippen LogP contribution >= 0.6 is 11.6 Å². The quantitative estimate of drug-likeness (QED) is 0.794. The van der Waals surface area contributed by atoms with E-state index in [-0.39, 0.29) is 11.7 Å². The first kappa shape index (κ1) is 11.7. The van der Waals surface area contributed by atoms with Crippen LogP contribution in [0.2, 0.25) is 5.15 Å². The molecule has 80 valence electrons. The minimum Gasteiger partial charge on any atom is -0.342 e. The first-order chi connectivity index (χ1) is 7.00. The molecule has 0 fully saturated rings. The fourth-order valence-corrected chi connectivity index (χ4v) is 1.00. The fourth-order valence-electron chi connectivity index (χ4n) is 0.892. The number of ketones is 1. The second kappa shape index (κ2) is 4.89. The number of nitrogens with zero attached hydrogens (tertiary/aromatic N) is 1. The number of aromatic nitrogens is 1. The number of rotatable bonds is 3. The number of nitrogens with one attached hydrogen (secondary N) is 1. The van der Waals surface area contributed by atoms with E-state index >= 15 is 0 Å². The van der Waals surface area contributed by atoms with Crippen molar-refractivity contribution in [3.05, 3.63) is 29.0 Å². The summed E-state index contributed by atoms with van der Waals surface area (Å²) in [4.78, 5) is 26.2. The molecule has 4 nitrogen and oxygen atoms in total. The van der Waals surface area contributed by atoms with E-state index < -0.39 is 6.04 Å². The van der Waals surface area contributed by atoms with Gasteiger partial charge in [0, 0.05) is 6.20 Å². The molecule has 1 rings (SSSR count). The average molecular weight is 227 g/mol. The van der Waals surface area contributed by atoms with E-state index in [2.05, 4.69) is 10.3 Å². The topological polar surface area (TPSA) is 59.1 Å². The highest BCUT2D eigenvalue weighted by atomic mass is 35.5. The van der Waals surface area contributed by atoms with E-state index in [4.69, 9.17) is 11.6 Å². The molecule has 0 bridgehead atoms. The van der Waals surface area contributed by atoms with Crippen molar-refractivity contribution in [3.8, 4) is 0 Å². The van der Waals surface area contributed by atoms with Crippen molar-refractivity contribution in [1.82, 2.24) is 10.3 Å². The molecule has 1 amide bonds. The third kappa shape index (κ3) is 3.32. The zero-order chi connectivity index (χ0) is 11.4. The number of hydrogen-bond donors (Lipinski definition) is 1. The molecule has 15 heavy (non-hydrogen) atoms. The Morgan fingerprint density at radius 3 is 2.60 bits per heavy atom. The Kier molecular flexibility index (Phi) is 3.80. The van der Waals surface area contributed by atoms with Crippen LogP contribution in [0.1, 0.15) is 24.2 Å². The lowest BCUT2D eigenvalue weighted by molar-refractivity contribution is -0.118.